The predicted octanol–water partition coefficient (Wildman–Crippen LogP) is 3.45. The van der Waals surface area contributed by atoms with Crippen molar-refractivity contribution in [2.24, 2.45) is 0 Å². The number of carbonyl (C=O) groups excluding carboxylic acids is 1. The quantitative estimate of drug-likeness (QED) is 0.498. The Bertz CT molecular complexity index is 540. The first-order chi connectivity index (χ1) is 8.35. The molecule has 0 spiro atoms. The molecule has 0 radical (unpaired) electrons. The van der Waals surface area contributed by atoms with Crippen LogP contribution in [-0.2, 0) is 9.84 Å². The summed E-state index contributed by atoms with van der Waals surface area (Å²) in [6, 6.07) is 5.51. The Morgan fingerprint density at radius 2 is 2.06 bits per heavy atom. The minimum absolute atomic E-state index is 0.00740. The van der Waals surface area contributed by atoms with Crippen LogP contribution in [0.2, 0.25) is 0 Å². The van der Waals surface area contributed by atoms with E-state index in [4.69, 9.17) is 0 Å². The van der Waals surface area contributed by atoms with Crippen LogP contribution in [-0.4, -0.2) is 25.7 Å². The Kier molecular flexibility index (Phi) is 6.26. The molecule has 100 valence electrons. The third kappa shape index (κ3) is 4.97. The molecular formula is C12H14BrIO3S. The van der Waals surface area contributed by atoms with Gasteiger partial charge in [-0.05, 0) is 47.2 Å². The fraction of sp³-hybridized carbons (Fsp3) is 0.417. The van der Waals surface area contributed by atoms with E-state index in [-0.39, 0.29) is 23.7 Å². The van der Waals surface area contributed by atoms with Gasteiger partial charge in [0, 0.05) is 25.8 Å². The van der Waals surface area contributed by atoms with Crippen LogP contribution in [0.5, 0.6) is 0 Å². The van der Waals surface area contributed by atoms with E-state index in [1.807, 2.05) is 12.1 Å². The average molecular weight is 445 g/mol. The number of hydrogen-bond acceptors (Lipinski definition) is 3. The maximum Gasteiger partial charge on any atom is 0.164 e. The second kappa shape index (κ2) is 7.00. The van der Waals surface area contributed by atoms with Crippen LogP contribution >= 0.6 is 38.5 Å². The number of hydrogen-bond donors (Lipinski definition) is 0. The van der Waals surface area contributed by atoms with E-state index >= 15 is 0 Å². The highest BCUT2D eigenvalue weighted by Crippen LogP contribution is 2.20. The van der Waals surface area contributed by atoms with Gasteiger partial charge in [-0.25, -0.2) is 8.42 Å². The van der Waals surface area contributed by atoms with Crippen molar-refractivity contribution in [1.29, 1.82) is 0 Å². The molecule has 0 N–H and O–H groups in total. The van der Waals surface area contributed by atoms with Crippen molar-refractivity contribution < 1.29 is 13.2 Å². The smallest absolute Gasteiger partial charge is 0.164 e. The number of sulfone groups is 1. The molecular weight excluding hydrogens is 431 g/mol. The Labute approximate surface area is 130 Å². The third-order valence-electron chi connectivity index (χ3n) is 2.53. The molecule has 0 unspecified atom stereocenters. The fourth-order valence-corrected chi connectivity index (χ4v) is 3.31. The van der Waals surface area contributed by atoms with Crippen LogP contribution in [0, 0.1) is 3.57 Å². The van der Waals surface area contributed by atoms with Gasteiger partial charge in [-0.2, -0.15) is 0 Å². The molecule has 0 heterocycles. The summed E-state index contributed by atoms with van der Waals surface area (Å²) in [6.07, 6.45) is 0.656. The SMILES string of the molecule is CCS(=O)(=O)CCCC(=O)c1cc(Br)ccc1I. The van der Waals surface area contributed by atoms with Gasteiger partial charge in [-0.15, -0.1) is 0 Å². The molecule has 0 aliphatic rings. The first-order valence-corrected chi connectivity index (χ1v) is 9.23. The number of Topliss-reactive ketones (excluding diaryl/α,β-unsaturated/α-hetero) is 1. The molecule has 0 fully saturated rings. The molecule has 6 heteroatoms. The van der Waals surface area contributed by atoms with Gasteiger partial charge in [0.1, 0.15) is 9.84 Å². The van der Waals surface area contributed by atoms with Crippen LogP contribution in [0.3, 0.4) is 0 Å². The predicted molar refractivity (Wildman–Crippen MR) is 84.8 cm³/mol. The van der Waals surface area contributed by atoms with Gasteiger partial charge in [0.25, 0.3) is 0 Å². The molecule has 0 aromatic heterocycles. The first kappa shape index (κ1) is 16.1. The summed E-state index contributed by atoms with van der Waals surface area (Å²) in [5.74, 6) is 0.210. The topological polar surface area (TPSA) is 51.2 Å². The lowest BCUT2D eigenvalue weighted by atomic mass is 10.1. The monoisotopic (exact) mass is 444 g/mol. The van der Waals surface area contributed by atoms with E-state index in [1.54, 1.807) is 13.0 Å². The Morgan fingerprint density at radius 1 is 1.39 bits per heavy atom. The first-order valence-electron chi connectivity index (χ1n) is 5.54. The van der Waals surface area contributed by atoms with Crippen LogP contribution in [0.25, 0.3) is 0 Å². The van der Waals surface area contributed by atoms with Crippen molar-refractivity contribution in [2.45, 2.75) is 19.8 Å². The van der Waals surface area contributed by atoms with Gasteiger partial charge in [-0.1, -0.05) is 22.9 Å². The molecule has 1 aromatic carbocycles. The van der Waals surface area contributed by atoms with E-state index in [1.165, 1.54) is 0 Å². The number of rotatable bonds is 6. The lowest BCUT2D eigenvalue weighted by Crippen LogP contribution is -2.11. The number of halogens is 2. The van der Waals surface area contributed by atoms with Crippen molar-refractivity contribution in [3.8, 4) is 0 Å². The summed E-state index contributed by atoms with van der Waals surface area (Å²) in [6.45, 7) is 1.62. The Balaban J connectivity index is 2.64. The molecule has 0 amide bonds. The molecule has 0 saturated heterocycles. The van der Waals surface area contributed by atoms with Gasteiger partial charge in [-0.3, -0.25) is 4.79 Å². The minimum atomic E-state index is -2.98. The van der Waals surface area contributed by atoms with Gasteiger partial charge >= 0.3 is 0 Å². The van der Waals surface area contributed by atoms with E-state index < -0.39 is 9.84 Å². The standard InChI is InChI=1S/C12H14BrIO3S/c1-2-18(16,17)7-3-4-12(15)10-8-9(13)5-6-11(10)14/h5-6,8H,2-4,7H2,1H3. The lowest BCUT2D eigenvalue weighted by molar-refractivity contribution is 0.0981. The van der Waals surface area contributed by atoms with Crippen LogP contribution in [0.15, 0.2) is 22.7 Å². The molecule has 0 atom stereocenters. The maximum absolute atomic E-state index is 12.0. The third-order valence-corrected chi connectivity index (χ3v) is 5.75. The Morgan fingerprint density at radius 3 is 2.67 bits per heavy atom. The second-order valence-electron chi connectivity index (χ2n) is 3.89. The minimum Gasteiger partial charge on any atom is -0.294 e. The van der Waals surface area contributed by atoms with Crippen molar-refractivity contribution in [2.75, 3.05) is 11.5 Å². The van der Waals surface area contributed by atoms with Crippen molar-refractivity contribution >= 4 is 54.1 Å². The summed E-state index contributed by atoms with van der Waals surface area (Å²) in [5.41, 5.74) is 0.652. The highest BCUT2D eigenvalue weighted by molar-refractivity contribution is 14.1. The number of carbonyl (C=O) groups is 1. The summed E-state index contributed by atoms with van der Waals surface area (Å²) in [7, 11) is -2.98. The van der Waals surface area contributed by atoms with Crippen LogP contribution < -0.4 is 0 Å². The molecule has 0 aliphatic carbocycles. The number of benzene rings is 1. The van der Waals surface area contributed by atoms with Crippen molar-refractivity contribution in [3.63, 3.8) is 0 Å². The largest absolute Gasteiger partial charge is 0.294 e. The van der Waals surface area contributed by atoms with Gasteiger partial charge < -0.3 is 0 Å². The zero-order chi connectivity index (χ0) is 13.8. The second-order valence-corrected chi connectivity index (χ2v) is 8.44. The summed E-state index contributed by atoms with van der Waals surface area (Å²) in [4.78, 5) is 12.0. The molecule has 1 aromatic rings. The zero-order valence-electron chi connectivity index (χ0n) is 9.95. The van der Waals surface area contributed by atoms with E-state index in [0.29, 0.717) is 12.0 Å². The van der Waals surface area contributed by atoms with E-state index in [2.05, 4.69) is 38.5 Å². The molecule has 0 bridgehead atoms. The Hall–Kier alpha value is 0.0500. The highest BCUT2D eigenvalue weighted by Gasteiger charge is 2.13. The van der Waals surface area contributed by atoms with Crippen LogP contribution in [0.4, 0.5) is 0 Å². The number of ketones is 1. The summed E-state index contributed by atoms with van der Waals surface area (Å²) >= 11 is 5.43. The zero-order valence-corrected chi connectivity index (χ0v) is 14.5. The molecule has 18 heavy (non-hydrogen) atoms. The summed E-state index contributed by atoms with van der Waals surface area (Å²) in [5, 5.41) is 0. The van der Waals surface area contributed by atoms with Gasteiger partial charge in [0.2, 0.25) is 0 Å². The van der Waals surface area contributed by atoms with E-state index in [0.717, 1.165) is 8.04 Å². The molecule has 0 aliphatic heterocycles. The van der Waals surface area contributed by atoms with E-state index in [9.17, 15) is 13.2 Å². The molecule has 0 saturated carbocycles. The molecule has 3 nitrogen and oxygen atoms in total. The average Bonchev–Trinajstić information content (AvgIpc) is 2.32. The normalized spacial score (nSPS) is 11.5. The lowest BCUT2D eigenvalue weighted by Gasteiger charge is -2.05. The fourth-order valence-electron chi connectivity index (χ4n) is 1.44. The van der Waals surface area contributed by atoms with Crippen molar-refractivity contribution in [1.82, 2.24) is 0 Å². The molecule has 1 rings (SSSR count). The maximum atomic E-state index is 12.0. The highest BCUT2D eigenvalue weighted by atomic mass is 127. The van der Waals surface area contributed by atoms with Gasteiger partial charge in [0.15, 0.2) is 5.78 Å². The van der Waals surface area contributed by atoms with Crippen LogP contribution in [0.1, 0.15) is 30.1 Å². The van der Waals surface area contributed by atoms with Crippen molar-refractivity contribution in [3.05, 3.63) is 31.8 Å². The summed E-state index contributed by atoms with van der Waals surface area (Å²) < 4.78 is 24.4. The van der Waals surface area contributed by atoms with Gasteiger partial charge in [0.05, 0.1) is 5.75 Å².